The summed E-state index contributed by atoms with van der Waals surface area (Å²) < 4.78 is 4.67. The van der Waals surface area contributed by atoms with Crippen LogP contribution in [0.15, 0.2) is 4.99 Å². The van der Waals surface area contributed by atoms with Crippen molar-refractivity contribution in [1.29, 1.82) is 0 Å². The van der Waals surface area contributed by atoms with E-state index in [2.05, 4.69) is 14.6 Å². The Morgan fingerprint density at radius 1 is 1.53 bits per heavy atom. The third-order valence-corrected chi connectivity index (χ3v) is 2.76. The highest BCUT2D eigenvalue weighted by molar-refractivity contribution is 5.69. The van der Waals surface area contributed by atoms with E-state index in [0.717, 1.165) is 32.5 Å². The summed E-state index contributed by atoms with van der Waals surface area (Å²) in [6.07, 6.45) is 4.61. The van der Waals surface area contributed by atoms with Crippen LogP contribution in [0, 0.1) is 5.92 Å². The molecule has 0 N–H and O–H groups in total. The highest BCUT2D eigenvalue weighted by Crippen LogP contribution is 2.19. The first kappa shape index (κ1) is 12.0. The van der Waals surface area contributed by atoms with Crippen molar-refractivity contribution in [1.82, 2.24) is 4.90 Å². The highest BCUT2D eigenvalue weighted by atomic mass is 16.5. The number of methoxy groups -OCH3 is 1. The average Bonchev–Trinajstić information content (AvgIpc) is 2.28. The summed E-state index contributed by atoms with van der Waals surface area (Å²) in [7, 11) is 1.45. The lowest BCUT2D eigenvalue weighted by Gasteiger charge is -2.29. The maximum absolute atomic E-state index is 11.1. The van der Waals surface area contributed by atoms with Crippen LogP contribution in [0.4, 0.5) is 0 Å². The molecule has 86 valence electrons. The van der Waals surface area contributed by atoms with Gasteiger partial charge in [0.05, 0.1) is 13.4 Å². The highest BCUT2D eigenvalue weighted by Gasteiger charge is 2.20. The lowest BCUT2D eigenvalue weighted by Crippen LogP contribution is -2.33. The van der Waals surface area contributed by atoms with Gasteiger partial charge in [-0.1, -0.05) is 0 Å². The lowest BCUT2D eigenvalue weighted by atomic mass is 9.94. The van der Waals surface area contributed by atoms with Gasteiger partial charge in [-0.15, -0.1) is 0 Å². The Balaban J connectivity index is 2.23. The topological polar surface area (TPSA) is 41.9 Å². The quantitative estimate of drug-likeness (QED) is 0.401. The van der Waals surface area contributed by atoms with Gasteiger partial charge in [0.2, 0.25) is 0 Å². The number of esters is 1. The molecule has 15 heavy (non-hydrogen) atoms. The van der Waals surface area contributed by atoms with Gasteiger partial charge < -0.3 is 9.64 Å². The number of carbonyl (C=O) groups excluding carboxylic acids is 1. The summed E-state index contributed by atoms with van der Waals surface area (Å²) >= 11 is 0. The van der Waals surface area contributed by atoms with Crippen molar-refractivity contribution in [3.05, 3.63) is 0 Å². The summed E-state index contributed by atoms with van der Waals surface area (Å²) in [5.41, 5.74) is 0. The van der Waals surface area contributed by atoms with Crippen LogP contribution in [0.5, 0.6) is 0 Å². The molecule has 4 nitrogen and oxygen atoms in total. The second kappa shape index (κ2) is 6.43. The molecule has 0 aromatic carbocycles. The lowest BCUT2D eigenvalue weighted by molar-refractivity contribution is -0.142. The fourth-order valence-corrected chi connectivity index (χ4v) is 1.79. The third kappa shape index (κ3) is 4.32. The minimum atomic E-state index is -0.0873. The second-order valence-electron chi connectivity index (χ2n) is 3.87. The smallest absolute Gasteiger partial charge is 0.305 e. The standard InChI is InChI=1S/C11H20N2O2/c1-3-12-9-13-6-4-10(5-7-13)8-11(14)15-2/h9-10H,3-8H2,1-2H3. The Morgan fingerprint density at radius 3 is 2.73 bits per heavy atom. The van der Waals surface area contributed by atoms with E-state index in [1.165, 1.54) is 7.11 Å². The Kier molecular flexibility index (Phi) is 5.15. The number of hydrogen-bond acceptors (Lipinski definition) is 3. The first-order chi connectivity index (χ1) is 7.26. The first-order valence-corrected chi connectivity index (χ1v) is 5.57. The van der Waals surface area contributed by atoms with Crippen LogP contribution in [0.25, 0.3) is 0 Å². The summed E-state index contributed by atoms with van der Waals surface area (Å²) in [4.78, 5) is 17.5. The number of ether oxygens (including phenoxy) is 1. The molecule has 0 bridgehead atoms. The van der Waals surface area contributed by atoms with Crippen LogP contribution >= 0.6 is 0 Å². The molecule has 4 heteroatoms. The number of aliphatic imine (C=N–C) groups is 1. The monoisotopic (exact) mass is 212 g/mol. The van der Waals surface area contributed by atoms with E-state index >= 15 is 0 Å². The number of piperidine rings is 1. The van der Waals surface area contributed by atoms with E-state index in [0.29, 0.717) is 12.3 Å². The second-order valence-corrected chi connectivity index (χ2v) is 3.87. The van der Waals surface area contributed by atoms with Crippen molar-refractivity contribution in [3.63, 3.8) is 0 Å². The van der Waals surface area contributed by atoms with Gasteiger partial charge in [0.15, 0.2) is 0 Å². The van der Waals surface area contributed by atoms with E-state index in [4.69, 9.17) is 0 Å². The van der Waals surface area contributed by atoms with Crippen molar-refractivity contribution in [2.75, 3.05) is 26.7 Å². The maximum Gasteiger partial charge on any atom is 0.305 e. The molecule has 1 aliphatic heterocycles. The molecule has 0 saturated carbocycles. The number of rotatable bonds is 4. The molecule has 0 atom stereocenters. The van der Waals surface area contributed by atoms with Crippen molar-refractivity contribution in [3.8, 4) is 0 Å². The van der Waals surface area contributed by atoms with Gasteiger partial charge in [-0.25, -0.2) is 0 Å². The molecule has 0 unspecified atom stereocenters. The van der Waals surface area contributed by atoms with Gasteiger partial charge in [0.25, 0.3) is 0 Å². The fourth-order valence-electron chi connectivity index (χ4n) is 1.79. The molecule has 1 heterocycles. The van der Waals surface area contributed by atoms with Crippen LogP contribution in [0.3, 0.4) is 0 Å². The molecule has 0 radical (unpaired) electrons. The SMILES string of the molecule is CCN=CN1CCC(CC(=O)OC)CC1. The van der Waals surface area contributed by atoms with Crippen LogP contribution in [0.2, 0.25) is 0 Å². The maximum atomic E-state index is 11.1. The summed E-state index contributed by atoms with van der Waals surface area (Å²) in [5, 5.41) is 0. The van der Waals surface area contributed by atoms with E-state index in [1.54, 1.807) is 0 Å². The van der Waals surface area contributed by atoms with E-state index in [-0.39, 0.29) is 5.97 Å². The minimum absolute atomic E-state index is 0.0873. The van der Waals surface area contributed by atoms with E-state index in [1.807, 2.05) is 13.3 Å². The predicted molar refractivity (Wildman–Crippen MR) is 60.0 cm³/mol. The van der Waals surface area contributed by atoms with Crippen LogP contribution in [0.1, 0.15) is 26.2 Å². The van der Waals surface area contributed by atoms with E-state index < -0.39 is 0 Å². The van der Waals surface area contributed by atoms with Crippen molar-refractivity contribution < 1.29 is 9.53 Å². The Bertz CT molecular complexity index is 221. The zero-order valence-electron chi connectivity index (χ0n) is 9.61. The summed E-state index contributed by atoms with van der Waals surface area (Å²) in [6.45, 7) is 4.87. The van der Waals surface area contributed by atoms with Gasteiger partial charge >= 0.3 is 5.97 Å². The van der Waals surface area contributed by atoms with Crippen LogP contribution < -0.4 is 0 Å². The number of hydrogen-bond donors (Lipinski definition) is 0. The fraction of sp³-hybridized carbons (Fsp3) is 0.818. The predicted octanol–water partition coefficient (Wildman–Crippen LogP) is 1.31. The van der Waals surface area contributed by atoms with Gasteiger partial charge in [-0.3, -0.25) is 9.79 Å². The van der Waals surface area contributed by atoms with Crippen LogP contribution in [-0.2, 0) is 9.53 Å². The van der Waals surface area contributed by atoms with Gasteiger partial charge in [0, 0.05) is 26.1 Å². The molecular weight excluding hydrogens is 192 g/mol. The molecule has 1 fully saturated rings. The average molecular weight is 212 g/mol. The molecular formula is C11H20N2O2. The zero-order chi connectivity index (χ0) is 11.1. The minimum Gasteiger partial charge on any atom is -0.469 e. The Hall–Kier alpha value is -1.06. The first-order valence-electron chi connectivity index (χ1n) is 5.57. The largest absolute Gasteiger partial charge is 0.469 e. The van der Waals surface area contributed by atoms with Gasteiger partial charge in [-0.2, -0.15) is 0 Å². The summed E-state index contributed by atoms with van der Waals surface area (Å²) in [5.74, 6) is 0.402. The van der Waals surface area contributed by atoms with Crippen molar-refractivity contribution >= 4 is 12.3 Å². The molecule has 0 aromatic heterocycles. The number of carbonyl (C=O) groups is 1. The molecule has 1 aliphatic rings. The Morgan fingerprint density at radius 2 is 2.20 bits per heavy atom. The third-order valence-electron chi connectivity index (χ3n) is 2.76. The summed E-state index contributed by atoms with van der Waals surface area (Å²) in [6, 6.07) is 0. The van der Waals surface area contributed by atoms with Crippen molar-refractivity contribution in [2.45, 2.75) is 26.2 Å². The van der Waals surface area contributed by atoms with E-state index in [9.17, 15) is 4.79 Å². The van der Waals surface area contributed by atoms with Gasteiger partial charge in [0.1, 0.15) is 0 Å². The molecule has 0 amide bonds. The zero-order valence-corrected chi connectivity index (χ0v) is 9.61. The molecule has 0 spiro atoms. The molecule has 1 saturated heterocycles. The normalized spacial score (nSPS) is 18.4. The number of nitrogens with zero attached hydrogens (tertiary/aromatic N) is 2. The number of likely N-dealkylation sites (tertiary alicyclic amines) is 1. The van der Waals surface area contributed by atoms with Gasteiger partial charge in [-0.05, 0) is 25.7 Å². The Labute approximate surface area is 91.3 Å². The van der Waals surface area contributed by atoms with Crippen molar-refractivity contribution in [2.24, 2.45) is 10.9 Å². The molecule has 1 rings (SSSR count). The molecule has 0 aromatic rings. The molecule has 0 aliphatic carbocycles. The van der Waals surface area contributed by atoms with Crippen LogP contribution in [-0.4, -0.2) is 44.0 Å².